The summed E-state index contributed by atoms with van der Waals surface area (Å²) in [4.78, 5) is 1.98. The van der Waals surface area contributed by atoms with Gasteiger partial charge in [0.25, 0.3) is 0 Å². The van der Waals surface area contributed by atoms with E-state index in [9.17, 15) is 4.39 Å². The van der Waals surface area contributed by atoms with Gasteiger partial charge in [-0.2, -0.15) is 0 Å². The van der Waals surface area contributed by atoms with Crippen molar-refractivity contribution < 1.29 is 9.50 Å². The normalized spacial score (nSPS) is 10.5. The number of hydrogen-bond acceptors (Lipinski definition) is 3. The minimum absolute atomic E-state index is 0.127. The Morgan fingerprint density at radius 1 is 1.19 bits per heavy atom. The Hall–Kier alpha value is -1.78. The third-order valence-corrected chi connectivity index (χ3v) is 3.51. The molecule has 0 atom stereocenters. The van der Waals surface area contributed by atoms with Crippen molar-refractivity contribution in [3.05, 3.63) is 58.9 Å². The molecule has 0 fully saturated rings. The highest BCUT2D eigenvalue weighted by molar-refractivity contribution is 6.30. The predicted molar refractivity (Wildman–Crippen MR) is 85.5 cm³/mol. The molecule has 5 heteroatoms. The molecular formula is C16H18ClFN2O. The summed E-state index contributed by atoms with van der Waals surface area (Å²) in [5.41, 5.74) is 2.93. The van der Waals surface area contributed by atoms with E-state index in [1.165, 1.54) is 6.07 Å². The molecular weight excluding hydrogens is 291 g/mol. The van der Waals surface area contributed by atoms with Crippen LogP contribution in [0.1, 0.15) is 5.56 Å². The maximum Gasteiger partial charge on any atom is 0.141 e. The summed E-state index contributed by atoms with van der Waals surface area (Å²) >= 11 is 5.75. The molecule has 0 saturated heterocycles. The zero-order valence-corrected chi connectivity index (χ0v) is 12.6. The van der Waals surface area contributed by atoms with E-state index in [2.05, 4.69) is 5.32 Å². The van der Waals surface area contributed by atoms with Crippen LogP contribution in [0.3, 0.4) is 0 Å². The first-order valence-electron chi connectivity index (χ1n) is 6.70. The SMILES string of the molecule is CN(CCO)c1ccc(NCc2ccc(F)c(Cl)c2)cc1. The van der Waals surface area contributed by atoms with Crippen molar-refractivity contribution in [1.82, 2.24) is 0 Å². The fraction of sp³-hybridized carbons (Fsp3) is 0.250. The van der Waals surface area contributed by atoms with Gasteiger partial charge < -0.3 is 15.3 Å². The van der Waals surface area contributed by atoms with Crippen molar-refractivity contribution in [2.24, 2.45) is 0 Å². The summed E-state index contributed by atoms with van der Waals surface area (Å²) in [6.45, 7) is 1.30. The van der Waals surface area contributed by atoms with Crippen molar-refractivity contribution in [3.8, 4) is 0 Å². The van der Waals surface area contributed by atoms with Gasteiger partial charge in [0, 0.05) is 31.5 Å². The molecule has 0 heterocycles. The first-order valence-corrected chi connectivity index (χ1v) is 7.08. The van der Waals surface area contributed by atoms with Gasteiger partial charge in [-0.3, -0.25) is 0 Å². The van der Waals surface area contributed by atoms with E-state index >= 15 is 0 Å². The zero-order valence-electron chi connectivity index (χ0n) is 11.8. The number of anilines is 2. The number of likely N-dealkylation sites (N-methyl/N-ethyl adjacent to an activating group) is 1. The third-order valence-electron chi connectivity index (χ3n) is 3.22. The molecule has 0 aromatic heterocycles. The molecule has 2 aromatic rings. The summed E-state index contributed by atoms with van der Waals surface area (Å²) in [6.07, 6.45) is 0. The van der Waals surface area contributed by atoms with Crippen LogP contribution in [0.25, 0.3) is 0 Å². The smallest absolute Gasteiger partial charge is 0.141 e. The van der Waals surface area contributed by atoms with Crippen molar-refractivity contribution in [3.63, 3.8) is 0 Å². The molecule has 0 saturated carbocycles. The topological polar surface area (TPSA) is 35.5 Å². The van der Waals surface area contributed by atoms with Crippen LogP contribution in [0.15, 0.2) is 42.5 Å². The molecule has 2 rings (SSSR count). The number of nitrogens with one attached hydrogen (secondary N) is 1. The van der Waals surface area contributed by atoms with Gasteiger partial charge in [-0.1, -0.05) is 17.7 Å². The van der Waals surface area contributed by atoms with E-state index < -0.39 is 5.82 Å². The van der Waals surface area contributed by atoms with Gasteiger partial charge in [0.1, 0.15) is 5.82 Å². The maximum absolute atomic E-state index is 13.1. The Labute approximate surface area is 129 Å². The van der Waals surface area contributed by atoms with E-state index in [-0.39, 0.29) is 11.6 Å². The van der Waals surface area contributed by atoms with E-state index in [0.717, 1.165) is 16.9 Å². The van der Waals surface area contributed by atoms with Crippen LogP contribution in [0.2, 0.25) is 5.02 Å². The maximum atomic E-state index is 13.1. The summed E-state index contributed by atoms with van der Waals surface area (Å²) in [6, 6.07) is 12.6. The molecule has 0 aliphatic carbocycles. The quantitative estimate of drug-likeness (QED) is 0.857. The minimum atomic E-state index is -0.406. The fourth-order valence-electron chi connectivity index (χ4n) is 1.97. The van der Waals surface area contributed by atoms with E-state index in [1.807, 2.05) is 36.2 Å². The minimum Gasteiger partial charge on any atom is -0.395 e. The summed E-state index contributed by atoms with van der Waals surface area (Å²) in [5.74, 6) is -0.406. The lowest BCUT2D eigenvalue weighted by atomic mass is 10.2. The monoisotopic (exact) mass is 308 g/mol. The summed E-state index contributed by atoms with van der Waals surface area (Å²) < 4.78 is 13.1. The second kappa shape index (κ2) is 7.29. The molecule has 2 aromatic carbocycles. The van der Waals surface area contributed by atoms with Crippen LogP contribution < -0.4 is 10.2 Å². The van der Waals surface area contributed by atoms with E-state index in [0.29, 0.717) is 13.1 Å². The Kier molecular flexibility index (Phi) is 5.42. The van der Waals surface area contributed by atoms with E-state index in [4.69, 9.17) is 16.7 Å². The van der Waals surface area contributed by atoms with Gasteiger partial charge in [0.15, 0.2) is 0 Å². The zero-order chi connectivity index (χ0) is 15.2. The van der Waals surface area contributed by atoms with Crippen LogP contribution in [0.5, 0.6) is 0 Å². The highest BCUT2D eigenvalue weighted by Crippen LogP contribution is 2.19. The first-order chi connectivity index (χ1) is 10.1. The van der Waals surface area contributed by atoms with Gasteiger partial charge in [0.2, 0.25) is 0 Å². The third kappa shape index (κ3) is 4.34. The average Bonchev–Trinajstić information content (AvgIpc) is 2.49. The van der Waals surface area contributed by atoms with Crippen LogP contribution in [-0.4, -0.2) is 25.3 Å². The average molecular weight is 309 g/mol. The van der Waals surface area contributed by atoms with Gasteiger partial charge in [-0.15, -0.1) is 0 Å². The second-order valence-corrected chi connectivity index (χ2v) is 5.20. The Bertz CT molecular complexity index is 589. The number of halogens is 2. The Morgan fingerprint density at radius 3 is 2.52 bits per heavy atom. The van der Waals surface area contributed by atoms with Crippen LogP contribution in [0.4, 0.5) is 15.8 Å². The van der Waals surface area contributed by atoms with Crippen LogP contribution >= 0.6 is 11.6 Å². The number of benzene rings is 2. The Balaban J connectivity index is 1.95. The molecule has 2 N–H and O–H groups in total. The molecule has 0 aliphatic heterocycles. The molecule has 3 nitrogen and oxygen atoms in total. The van der Waals surface area contributed by atoms with Crippen LogP contribution in [-0.2, 0) is 6.54 Å². The molecule has 0 unspecified atom stereocenters. The number of rotatable bonds is 6. The van der Waals surface area contributed by atoms with Crippen LogP contribution in [0, 0.1) is 5.82 Å². The highest BCUT2D eigenvalue weighted by atomic mass is 35.5. The van der Waals surface area contributed by atoms with Gasteiger partial charge in [0.05, 0.1) is 11.6 Å². The number of hydrogen-bond donors (Lipinski definition) is 2. The predicted octanol–water partition coefficient (Wildman–Crippen LogP) is 3.52. The lowest BCUT2D eigenvalue weighted by Gasteiger charge is -2.18. The van der Waals surface area contributed by atoms with Crippen molar-refractivity contribution >= 4 is 23.0 Å². The molecule has 0 aliphatic rings. The summed E-state index contributed by atoms with van der Waals surface area (Å²) in [7, 11) is 1.93. The number of aliphatic hydroxyl groups is 1. The van der Waals surface area contributed by atoms with Crippen molar-refractivity contribution in [1.29, 1.82) is 0 Å². The molecule has 0 radical (unpaired) electrons. The van der Waals surface area contributed by atoms with Crippen molar-refractivity contribution in [2.45, 2.75) is 6.54 Å². The molecule has 112 valence electrons. The molecule has 0 amide bonds. The highest BCUT2D eigenvalue weighted by Gasteiger charge is 2.02. The molecule has 0 bridgehead atoms. The first kappa shape index (κ1) is 15.6. The van der Waals surface area contributed by atoms with Gasteiger partial charge in [-0.25, -0.2) is 4.39 Å². The van der Waals surface area contributed by atoms with E-state index in [1.54, 1.807) is 12.1 Å². The summed E-state index contributed by atoms with van der Waals surface area (Å²) in [5, 5.41) is 12.3. The standard InChI is InChI=1S/C16H18ClFN2O/c1-20(8-9-21)14-5-3-13(4-6-14)19-11-12-2-7-16(18)15(17)10-12/h2-7,10,19,21H,8-9,11H2,1H3. The molecule has 21 heavy (non-hydrogen) atoms. The van der Waals surface area contributed by atoms with Gasteiger partial charge in [-0.05, 0) is 42.0 Å². The Morgan fingerprint density at radius 2 is 1.90 bits per heavy atom. The second-order valence-electron chi connectivity index (χ2n) is 4.79. The fourth-order valence-corrected chi connectivity index (χ4v) is 2.17. The largest absolute Gasteiger partial charge is 0.395 e. The number of aliphatic hydroxyl groups excluding tert-OH is 1. The molecule has 0 spiro atoms. The van der Waals surface area contributed by atoms with Gasteiger partial charge >= 0.3 is 0 Å². The lowest BCUT2D eigenvalue weighted by Crippen LogP contribution is -2.20. The number of nitrogens with zero attached hydrogens (tertiary/aromatic N) is 1. The lowest BCUT2D eigenvalue weighted by molar-refractivity contribution is 0.304. The van der Waals surface area contributed by atoms with Crippen molar-refractivity contribution in [2.75, 3.05) is 30.4 Å².